The van der Waals surface area contributed by atoms with Crippen molar-refractivity contribution in [1.82, 2.24) is 20.7 Å². The van der Waals surface area contributed by atoms with Gasteiger partial charge in [-0.2, -0.15) is 0 Å². The summed E-state index contributed by atoms with van der Waals surface area (Å²) in [5.41, 5.74) is 3.47. The van der Waals surface area contributed by atoms with E-state index >= 15 is 0 Å². The SMILES string of the molecule is CC.CCCCOC1N=C2N(CCCN3CCOC(C)(C)C3)NC2(C)CN1.O.[HH]. The van der Waals surface area contributed by atoms with Crippen molar-refractivity contribution in [1.29, 1.82) is 0 Å². The largest absolute Gasteiger partial charge is 0.412 e. The summed E-state index contributed by atoms with van der Waals surface area (Å²) in [5, 5.41) is 5.56. The molecule has 3 heterocycles. The lowest BCUT2D eigenvalue weighted by molar-refractivity contribution is -0.0865. The van der Waals surface area contributed by atoms with Crippen LogP contribution in [0.2, 0.25) is 0 Å². The first-order chi connectivity index (χ1) is 12.9. The molecule has 3 aliphatic heterocycles. The van der Waals surface area contributed by atoms with E-state index in [1.54, 1.807) is 0 Å². The quantitative estimate of drug-likeness (QED) is 0.598. The predicted octanol–water partition coefficient (Wildman–Crippen LogP) is 1.62. The number of fused-ring (bicyclic) bond motifs is 1. The number of nitrogens with one attached hydrogen (secondary N) is 2. The molecule has 8 nitrogen and oxygen atoms in total. The number of morpholine rings is 1. The van der Waals surface area contributed by atoms with Gasteiger partial charge in [-0.1, -0.05) is 27.2 Å². The molecule has 0 aromatic heterocycles. The number of unbranched alkanes of at least 4 members (excludes halogenated alkanes) is 1. The molecular weight excluding hydrogens is 358 g/mol. The molecular formula is C20H45N5O3. The third-order valence-corrected chi connectivity index (χ3v) is 5.14. The molecule has 0 aromatic rings. The Labute approximate surface area is 172 Å². The van der Waals surface area contributed by atoms with Gasteiger partial charge in [-0.3, -0.25) is 15.2 Å². The number of hydrazine groups is 1. The van der Waals surface area contributed by atoms with Crippen LogP contribution in [0.25, 0.3) is 0 Å². The Morgan fingerprint density at radius 2 is 2.00 bits per heavy atom. The molecule has 168 valence electrons. The maximum atomic E-state index is 5.82. The molecule has 0 aromatic carbocycles. The van der Waals surface area contributed by atoms with Crippen LogP contribution in [-0.2, 0) is 9.47 Å². The standard InChI is InChI=1S/C18H35N5O2.C2H6.H2O.H2/c1-5-6-11-24-16-19-13-18(4)15(20-16)23(21-18)9-7-8-22-10-12-25-17(2,3)14-22;1-2;;/h16,19,21H,5-14H2,1-4H3;1-2H3;1H2;1H. The molecule has 8 heteroatoms. The summed E-state index contributed by atoms with van der Waals surface area (Å²) >= 11 is 0. The average Bonchev–Trinajstić information content (AvgIpc) is 2.63. The summed E-state index contributed by atoms with van der Waals surface area (Å²) in [4.78, 5) is 7.28. The summed E-state index contributed by atoms with van der Waals surface area (Å²) in [6.07, 6.45) is 3.15. The van der Waals surface area contributed by atoms with Gasteiger partial charge in [0.15, 0.2) is 0 Å². The number of ether oxygens (including phenoxy) is 2. The van der Waals surface area contributed by atoms with Crippen LogP contribution < -0.4 is 10.7 Å². The number of aliphatic imine (C=N–C) groups is 1. The van der Waals surface area contributed by atoms with Crippen molar-refractivity contribution in [2.75, 3.05) is 45.9 Å². The van der Waals surface area contributed by atoms with Gasteiger partial charge in [0.1, 0.15) is 11.4 Å². The molecule has 2 fully saturated rings. The molecule has 0 aliphatic carbocycles. The van der Waals surface area contributed by atoms with Gasteiger partial charge in [0.05, 0.1) is 18.8 Å². The Kier molecular flexibility index (Phi) is 10.3. The molecule has 3 aliphatic rings. The highest BCUT2D eigenvalue weighted by Gasteiger charge is 2.48. The highest BCUT2D eigenvalue weighted by Crippen LogP contribution is 2.24. The zero-order chi connectivity index (χ0) is 19.9. The Hall–Kier alpha value is -0.770. The summed E-state index contributed by atoms with van der Waals surface area (Å²) in [6, 6.07) is 0. The van der Waals surface area contributed by atoms with E-state index in [0.717, 1.165) is 71.0 Å². The van der Waals surface area contributed by atoms with Crippen LogP contribution in [0, 0.1) is 0 Å². The second-order valence-electron chi connectivity index (χ2n) is 8.24. The normalized spacial score (nSPS) is 28.9. The van der Waals surface area contributed by atoms with Gasteiger partial charge in [-0.15, -0.1) is 0 Å². The van der Waals surface area contributed by atoms with Crippen molar-refractivity contribution in [3.63, 3.8) is 0 Å². The topological polar surface area (TPSA) is 92.9 Å². The molecule has 0 bridgehead atoms. The van der Waals surface area contributed by atoms with Crippen molar-refractivity contribution in [3.8, 4) is 0 Å². The lowest BCUT2D eigenvalue weighted by atomic mass is 9.95. The minimum atomic E-state index is -0.195. The molecule has 0 radical (unpaired) electrons. The van der Waals surface area contributed by atoms with Crippen molar-refractivity contribution >= 4 is 5.84 Å². The minimum Gasteiger partial charge on any atom is -0.412 e. The third kappa shape index (κ3) is 6.64. The van der Waals surface area contributed by atoms with Gasteiger partial charge in [-0.05, 0) is 33.6 Å². The highest BCUT2D eigenvalue weighted by molar-refractivity contribution is 5.96. The van der Waals surface area contributed by atoms with Gasteiger partial charge < -0.3 is 14.9 Å². The molecule has 0 amide bonds. The Balaban J connectivity index is 0.00000190. The van der Waals surface area contributed by atoms with E-state index in [1.165, 1.54) is 0 Å². The third-order valence-electron chi connectivity index (χ3n) is 5.14. The van der Waals surface area contributed by atoms with Crippen LogP contribution in [0.4, 0.5) is 0 Å². The second-order valence-corrected chi connectivity index (χ2v) is 8.24. The van der Waals surface area contributed by atoms with E-state index in [0.29, 0.717) is 0 Å². The van der Waals surface area contributed by atoms with Crippen LogP contribution in [0.1, 0.15) is 62.2 Å². The lowest BCUT2D eigenvalue weighted by Gasteiger charge is -2.54. The lowest BCUT2D eigenvalue weighted by Crippen LogP contribution is -2.80. The average molecular weight is 404 g/mol. The first-order valence-corrected chi connectivity index (χ1v) is 10.8. The van der Waals surface area contributed by atoms with Crippen molar-refractivity contribution in [2.45, 2.75) is 78.3 Å². The van der Waals surface area contributed by atoms with Crippen LogP contribution in [0.3, 0.4) is 0 Å². The summed E-state index contributed by atoms with van der Waals surface area (Å²) < 4.78 is 11.6. The first kappa shape index (κ1) is 25.3. The molecule has 0 saturated carbocycles. The van der Waals surface area contributed by atoms with Gasteiger partial charge in [0.2, 0.25) is 6.35 Å². The van der Waals surface area contributed by atoms with Crippen LogP contribution in [0.15, 0.2) is 4.99 Å². The smallest absolute Gasteiger partial charge is 0.206 e. The molecule has 2 saturated heterocycles. The second kappa shape index (κ2) is 11.4. The molecule has 2 atom stereocenters. The Bertz CT molecular complexity index is 495. The fourth-order valence-electron chi connectivity index (χ4n) is 3.78. The van der Waals surface area contributed by atoms with E-state index < -0.39 is 0 Å². The van der Waals surface area contributed by atoms with Gasteiger partial charge in [-0.25, -0.2) is 10.4 Å². The Morgan fingerprint density at radius 3 is 2.68 bits per heavy atom. The van der Waals surface area contributed by atoms with Crippen LogP contribution in [-0.4, -0.2) is 84.6 Å². The number of hydrogen-bond acceptors (Lipinski definition) is 7. The number of amidine groups is 1. The molecule has 28 heavy (non-hydrogen) atoms. The van der Waals surface area contributed by atoms with E-state index in [9.17, 15) is 0 Å². The summed E-state index contributed by atoms with van der Waals surface area (Å²) in [5.74, 6) is 1.13. The van der Waals surface area contributed by atoms with Gasteiger partial charge >= 0.3 is 0 Å². The maximum absolute atomic E-state index is 5.82. The Morgan fingerprint density at radius 1 is 1.25 bits per heavy atom. The number of hydrogen-bond donors (Lipinski definition) is 2. The number of rotatable bonds is 8. The zero-order valence-corrected chi connectivity index (χ0v) is 18.8. The fourth-order valence-corrected chi connectivity index (χ4v) is 3.78. The maximum Gasteiger partial charge on any atom is 0.206 e. The number of nitrogens with zero attached hydrogens (tertiary/aromatic N) is 3. The molecule has 4 N–H and O–H groups in total. The monoisotopic (exact) mass is 403 g/mol. The molecule has 3 rings (SSSR count). The van der Waals surface area contributed by atoms with E-state index in [2.05, 4.69) is 48.3 Å². The van der Waals surface area contributed by atoms with E-state index in [4.69, 9.17) is 14.5 Å². The van der Waals surface area contributed by atoms with Gasteiger partial charge in [0.25, 0.3) is 0 Å². The molecule has 2 unspecified atom stereocenters. The first-order valence-electron chi connectivity index (χ1n) is 10.8. The van der Waals surface area contributed by atoms with Crippen LogP contribution >= 0.6 is 0 Å². The highest BCUT2D eigenvalue weighted by atomic mass is 16.5. The van der Waals surface area contributed by atoms with Crippen molar-refractivity contribution < 1.29 is 16.4 Å². The zero-order valence-electron chi connectivity index (χ0n) is 18.8. The van der Waals surface area contributed by atoms with Gasteiger partial charge in [0, 0.05) is 34.2 Å². The van der Waals surface area contributed by atoms with E-state index in [-0.39, 0.29) is 24.4 Å². The van der Waals surface area contributed by atoms with E-state index in [1.807, 2.05) is 13.8 Å². The fraction of sp³-hybridized carbons (Fsp3) is 0.950. The van der Waals surface area contributed by atoms with Crippen molar-refractivity contribution in [3.05, 3.63) is 0 Å². The molecule has 0 spiro atoms. The van der Waals surface area contributed by atoms with Crippen molar-refractivity contribution in [2.24, 2.45) is 4.99 Å². The summed E-state index contributed by atoms with van der Waals surface area (Å²) in [7, 11) is 0. The summed E-state index contributed by atoms with van der Waals surface area (Å²) in [6.45, 7) is 19.3. The predicted molar refractivity (Wildman–Crippen MR) is 116 cm³/mol. The minimum absolute atomic E-state index is 0. The van der Waals surface area contributed by atoms with Crippen LogP contribution in [0.5, 0.6) is 0 Å².